The average Bonchev–Trinajstić information content (AvgIpc) is 2.94. The number of carbonyl (C=O) groups is 2. The van der Waals surface area contributed by atoms with Crippen LogP contribution < -0.4 is 10.6 Å². The van der Waals surface area contributed by atoms with E-state index in [4.69, 9.17) is 0 Å². The van der Waals surface area contributed by atoms with E-state index in [1.807, 2.05) is 33.2 Å². The van der Waals surface area contributed by atoms with E-state index in [1.165, 1.54) is 0 Å². The molecule has 0 bridgehead atoms. The third kappa shape index (κ3) is 5.23. The Kier molecular flexibility index (Phi) is 5.48. The third-order valence-electron chi connectivity index (χ3n) is 3.12. The Morgan fingerprint density at radius 3 is 2.65 bits per heavy atom. The molecular weight excluding hydrogens is 294 g/mol. The number of hydrogen-bond acceptors (Lipinski definition) is 4. The zero-order valence-electron chi connectivity index (χ0n) is 13.5. The van der Waals surface area contributed by atoms with Gasteiger partial charge in [0.15, 0.2) is 0 Å². The second kappa shape index (κ2) is 7.55. The summed E-state index contributed by atoms with van der Waals surface area (Å²) in [5.41, 5.74) is 2.24. The number of aromatic nitrogens is 2. The van der Waals surface area contributed by atoms with Gasteiger partial charge in [-0.3, -0.25) is 14.3 Å². The summed E-state index contributed by atoms with van der Waals surface area (Å²) < 4.78 is 1.55. The van der Waals surface area contributed by atoms with Crippen LogP contribution in [0.2, 0.25) is 0 Å². The van der Waals surface area contributed by atoms with Crippen molar-refractivity contribution in [3.8, 4) is 0 Å². The van der Waals surface area contributed by atoms with E-state index in [2.05, 4.69) is 15.7 Å². The lowest BCUT2D eigenvalue weighted by atomic mass is 10.1. The van der Waals surface area contributed by atoms with E-state index < -0.39 is 0 Å². The lowest BCUT2D eigenvalue weighted by Gasteiger charge is -2.13. The summed E-state index contributed by atoms with van der Waals surface area (Å²) in [7, 11) is 3.66. The lowest BCUT2D eigenvalue weighted by molar-refractivity contribution is -0.117. The Balaban J connectivity index is 2.02. The maximum atomic E-state index is 12.0. The molecule has 2 aromatic rings. The Morgan fingerprint density at radius 1 is 1.22 bits per heavy atom. The quantitative estimate of drug-likeness (QED) is 0.843. The molecule has 122 valence electrons. The van der Waals surface area contributed by atoms with E-state index in [-0.39, 0.29) is 18.4 Å². The molecule has 7 nitrogen and oxygen atoms in total. The molecule has 0 aliphatic heterocycles. The van der Waals surface area contributed by atoms with Gasteiger partial charge in [0, 0.05) is 23.8 Å². The first kappa shape index (κ1) is 16.7. The number of amides is 2. The van der Waals surface area contributed by atoms with Gasteiger partial charge in [-0.15, -0.1) is 0 Å². The maximum absolute atomic E-state index is 12.0. The van der Waals surface area contributed by atoms with E-state index in [0.29, 0.717) is 17.9 Å². The van der Waals surface area contributed by atoms with Crippen LogP contribution in [0.5, 0.6) is 0 Å². The summed E-state index contributed by atoms with van der Waals surface area (Å²) in [6.07, 6.45) is 3.35. The van der Waals surface area contributed by atoms with Crippen molar-refractivity contribution < 1.29 is 9.59 Å². The minimum Gasteiger partial charge on any atom is -0.325 e. The normalized spacial score (nSPS) is 10.6. The smallest absolute Gasteiger partial charge is 0.246 e. The molecule has 1 aromatic heterocycles. The summed E-state index contributed by atoms with van der Waals surface area (Å²) in [6, 6.07) is 7.18. The molecule has 1 heterocycles. The van der Waals surface area contributed by atoms with Crippen LogP contribution in [-0.4, -0.2) is 47.1 Å². The molecule has 0 fully saturated rings. The largest absolute Gasteiger partial charge is 0.325 e. The molecule has 23 heavy (non-hydrogen) atoms. The third-order valence-corrected chi connectivity index (χ3v) is 3.12. The average molecular weight is 315 g/mol. The van der Waals surface area contributed by atoms with Crippen LogP contribution in [0.1, 0.15) is 5.56 Å². The summed E-state index contributed by atoms with van der Waals surface area (Å²) >= 11 is 0. The molecule has 0 unspecified atom stereocenters. The van der Waals surface area contributed by atoms with E-state index in [1.54, 1.807) is 34.1 Å². The summed E-state index contributed by atoms with van der Waals surface area (Å²) in [5.74, 6) is -0.277. The molecule has 7 heteroatoms. The highest BCUT2D eigenvalue weighted by Gasteiger charge is 2.09. The van der Waals surface area contributed by atoms with Crippen LogP contribution >= 0.6 is 0 Å². The van der Waals surface area contributed by atoms with Crippen molar-refractivity contribution in [2.75, 3.05) is 31.3 Å². The molecule has 0 saturated carbocycles. The van der Waals surface area contributed by atoms with Crippen molar-refractivity contribution in [2.45, 2.75) is 13.5 Å². The first-order valence-corrected chi connectivity index (χ1v) is 7.26. The minimum atomic E-state index is -0.173. The zero-order valence-corrected chi connectivity index (χ0v) is 13.5. The fourth-order valence-corrected chi connectivity index (χ4v) is 2.05. The second-order valence-corrected chi connectivity index (χ2v) is 5.57. The number of aryl methyl sites for hydroxylation is 1. The molecule has 1 aromatic carbocycles. The zero-order chi connectivity index (χ0) is 16.8. The van der Waals surface area contributed by atoms with Gasteiger partial charge >= 0.3 is 0 Å². The molecular formula is C16H21N5O2. The molecule has 0 atom stereocenters. The molecule has 2 rings (SSSR count). The van der Waals surface area contributed by atoms with E-state index >= 15 is 0 Å². The van der Waals surface area contributed by atoms with Crippen LogP contribution in [0.25, 0.3) is 0 Å². The van der Waals surface area contributed by atoms with Crippen molar-refractivity contribution in [2.24, 2.45) is 0 Å². The molecule has 0 radical (unpaired) electrons. The van der Waals surface area contributed by atoms with Gasteiger partial charge in [0.1, 0.15) is 6.54 Å². The molecule has 2 N–H and O–H groups in total. The van der Waals surface area contributed by atoms with Crippen molar-refractivity contribution >= 4 is 23.2 Å². The number of nitrogens with one attached hydrogen (secondary N) is 2. The number of benzene rings is 1. The van der Waals surface area contributed by atoms with Gasteiger partial charge in [-0.05, 0) is 44.8 Å². The highest BCUT2D eigenvalue weighted by Crippen LogP contribution is 2.20. The number of nitrogens with zero attached hydrogens (tertiary/aromatic N) is 3. The van der Waals surface area contributed by atoms with Crippen molar-refractivity contribution in [3.05, 3.63) is 42.2 Å². The van der Waals surface area contributed by atoms with E-state index in [9.17, 15) is 9.59 Å². The summed E-state index contributed by atoms with van der Waals surface area (Å²) in [4.78, 5) is 25.6. The number of rotatable bonds is 6. The van der Waals surface area contributed by atoms with Crippen LogP contribution in [0.4, 0.5) is 11.4 Å². The predicted octanol–water partition coefficient (Wildman–Crippen LogP) is 1.33. The SMILES string of the molecule is Cc1ccc(NC(=O)CN(C)C)cc1NC(=O)Cn1cccn1. The number of carbonyl (C=O) groups excluding carboxylic acids is 2. The lowest BCUT2D eigenvalue weighted by Crippen LogP contribution is -2.27. The number of likely N-dealkylation sites (N-methyl/N-ethyl adjacent to an activating group) is 1. The Morgan fingerprint density at radius 2 is 2.00 bits per heavy atom. The fourth-order valence-electron chi connectivity index (χ4n) is 2.05. The van der Waals surface area contributed by atoms with Crippen LogP contribution in [0, 0.1) is 6.92 Å². The van der Waals surface area contributed by atoms with Gasteiger partial charge in [0.25, 0.3) is 0 Å². The number of hydrogen-bond donors (Lipinski definition) is 2. The molecule has 0 spiro atoms. The predicted molar refractivity (Wildman–Crippen MR) is 89.2 cm³/mol. The summed E-state index contributed by atoms with van der Waals surface area (Å²) in [5, 5.41) is 9.65. The van der Waals surface area contributed by atoms with Crippen LogP contribution in [0.15, 0.2) is 36.7 Å². The molecule has 2 amide bonds. The van der Waals surface area contributed by atoms with Gasteiger partial charge in [0.2, 0.25) is 11.8 Å². The van der Waals surface area contributed by atoms with Crippen LogP contribution in [-0.2, 0) is 16.1 Å². The highest BCUT2D eigenvalue weighted by molar-refractivity contribution is 5.95. The molecule has 0 saturated heterocycles. The maximum Gasteiger partial charge on any atom is 0.246 e. The van der Waals surface area contributed by atoms with E-state index in [0.717, 1.165) is 5.56 Å². The van der Waals surface area contributed by atoms with Gasteiger partial charge in [-0.25, -0.2) is 0 Å². The Bertz CT molecular complexity index is 680. The number of anilines is 2. The van der Waals surface area contributed by atoms with Crippen molar-refractivity contribution in [1.82, 2.24) is 14.7 Å². The van der Waals surface area contributed by atoms with Gasteiger partial charge in [-0.1, -0.05) is 6.07 Å². The highest BCUT2D eigenvalue weighted by atomic mass is 16.2. The fraction of sp³-hybridized carbons (Fsp3) is 0.312. The second-order valence-electron chi connectivity index (χ2n) is 5.57. The topological polar surface area (TPSA) is 79.3 Å². The first-order chi connectivity index (χ1) is 10.9. The monoisotopic (exact) mass is 315 g/mol. The molecule has 0 aliphatic rings. The minimum absolute atomic E-state index is 0.104. The Hall–Kier alpha value is -2.67. The van der Waals surface area contributed by atoms with Gasteiger partial charge in [-0.2, -0.15) is 5.10 Å². The van der Waals surface area contributed by atoms with Crippen molar-refractivity contribution in [3.63, 3.8) is 0 Å². The van der Waals surface area contributed by atoms with Gasteiger partial charge < -0.3 is 15.5 Å². The van der Waals surface area contributed by atoms with Crippen molar-refractivity contribution in [1.29, 1.82) is 0 Å². The Labute approximate surface area is 135 Å². The summed E-state index contributed by atoms with van der Waals surface area (Å²) in [6.45, 7) is 2.34. The molecule has 0 aliphatic carbocycles. The van der Waals surface area contributed by atoms with Crippen LogP contribution in [0.3, 0.4) is 0 Å². The standard InChI is InChI=1S/C16H21N5O2/c1-12-5-6-13(18-15(22)10-20(2)3)9-14(12)19-16(23)11-21-8-4-7-17-21/h4-9H,10-11H2,1-3H3,(H,18,22)(H,19,23). The van der Waals surface area contributed by atoms with Gasteiger partial charge in [0.05, 0.1) is 6.54 Å². The first-order valence-electron chi connectivity index (χ1n) is 7.26.